The Bertz CT molecular complexity index is 268. The van der Waals surface area contributed by atoms with Gasteiger partial charge in [-0.15, -0.1) is 11.3 Å². The van der Waals surface area contributed by atoms with Gasteiger partial charge >= 0.3 is 0 Å². The van der Waals surface area contributed by atoms with Gasteiger partial charge in [-0.2, -0.15) is 0 Å². The standard InChI is InChI=1S/C11H20N2S/c1-8(2)4-5-11(13-12)10-6-7-14-9(10)3/h6-8,11,13H,4-5,12H2,1-3H3. The molecule has 0 saturated carbocycles. The van der Waals surface area contributed by atoms with Gasteiger partial charge in [0.2, 0.25) is 0 Å². The predicted octanol–water partition coefficient (Wildman–Crippen LogP) is 3.00. The number of hydrogen-bond acceptors (Lipinski definition) is 3. The Kier molecular flexibility index (Phi) is 4.58. The largest absolute Gasteiger partial charge is 0.271 e. The summed E-state index contributed by atoms with van der Waals surface area (Å²) in [5, 5.41) is 2.13. The average molecular weight is 212 g/mol. The van der Waals surface area contributed by atoms with Crippen LogP contribution in [0.2, 0.25) is 0 Å². The fourth-order valence-corrected chi connectivity index (χ4v) is 2.35. The molecule has 0 spiro atoms. The summed E-state index contributed by atoms with van der Waals surface area (Å²) in [5.74, 6) is 6.31. The second kappa shape index (κ2) is 5.49. The van der Waals surface area contributed by atoms with Gasteiger partial charge in [0.15, 0.2) is 0 Å². The van der Waals surface area contributed by atoms with E-state index >= 15 is 0 Å². The van der Waals surface area contributed by atoms with Crippen LogP contribution < -0.4 is 11.3 Å². The van der Waals surface area contributed by atoms with Crippen molar-refractivity contribution in [3.8, 4) is 0 Å². The van der Waals surface area contributed by atoms with Crippen LogP contribution in [0.3, 0.4) is 0 Å². The maximum Gasteiger partial charge on any atom is 0.0471 e. The Balaban J connectivity index is 2.58. The summed E-state index contributed by atoms with van der Waals surface area (Å²) >= 11 is 1.79. The molecule has 1 unspecified atom stereocenters. The van der Waals surface area contributed by atoms with Gasteiger partial charge in [0, 0.05) is 10.9 Å². The first-order valence-electron chi connectivity index (χ1n) is 5.15. The normalized spacial score (nSPS) is 13.5. The molecule has 1 aromatic rings. The molecule has 0 radical (unpaired) electrons. The number of aryl methyl sites for hydroxylation is 1. The Morgan fingerprint density at radius 3 is 2.57 bits per heavy atom. The molecule has 80 valence electrons. The number of hydrazine groups is 1. The lowest BCUT2D eigenvalue weighted by atomic mass is 9.99. The molecular weight excluding hydrogens is 192 g/mol. The minimum absolute atomic E-state index is 0.323. The zero-order valence-electron chi connectivity index (χ0n) is 9.21. The molecule has 14 heavy (non-hydrogen) atoms. The SMILES string of the molecule is Cc1sccc1C(CCC(C)C)NN. The van der Waals surface area contributed by atoms with Crippen LogP contribution in [-0.2, 0) is 0 Å². The van der Waals surface area contributed by atoms with Gasteiger partial charge in [-0.3, -0.25) is 11.3 Å². The minimum atomic E-state index is 0.323. The molecule has 1 aromatic heterocycles. The van der Waals surface area contributed by atoms with Crippen molar-refractivity contribution < 1.29 is 0 Å². The van der Waals surface area contributed by atoms with Crippen LogP contribution in [0.15, 0.2) is 11.4 Å². The summed E-state index contributed by atoms with van der Waals surface area (Å²) in [7, 11) is 0. The smallest absolute Gasteiger partial charge is 0.0471 e. The first-order valence-corrected chi connectivity index (χ1v) is 6.03. The van der Waals surface area contributed by atoms with Crippen LogP contribution >= 0.6 is 11.3 Å². The molecule has 1 rings (SSSR count). The monoisotopic (exact) mass is 212 g/mol. The second-order valence-electron chi connectivity index (χ2n) is 4.12. The lowest BCUT2D eigenvalue weighted by molar-refractivity contribution is 0.448. The number of thiophene rings is 1. The second-order valence-corrected chi connectivity index (χ2v) is 5.24. The molecule has 0 fully saturated rings. The maximum absolute atomic E-state index is 5.57. The van der Waals surface area contributed by atoms with Gasteiger partial charge < -0.3 is 0 Å². The quantitative estimate of drug-likeness (QED) is 0.581. The highest BCUT2D eigenvalue weighted by atomic mass is 32.1. The molecular formula is C11H20N2S. The van der Waals surface area contributed by atoms with Crippen LogP contribution in [0.4, 0.5) is 0 Å². The zero-order chi connectivity index (χ0) is 10.6. The Labute approximate surface area is 90.5 Å². The van der Waals surface area contributed by atoms with Crippen molar-refractivity contribution in [1.82, 2.24) is 5.43 Å². The van der Waals surface area contributed by atoms with E-state index in [4.69, 9.17) is 5.84 Å². The highest BCUT2D eigenvalue weighted by Gasteiger charge is 2.13. The van der Waals surface area contributed by atoms with Crippen LogP contribution in [0.25, 0.3) is 0 Å². The molecule has 3 heteroatoms. The maximum atomic E-state index is 5.57. The third kappa shape index (κ3) is 3.08. The van der Waals surface area contributed by atoms with Gasteiger partial charge in [-0.1, -0.05) is 13.8 Å². The van der Waals surface area contributed by atoms with Crippen LogP contribution in [0.1, 0.15) is 43.2 Å². The molecule has 1 atom stereocenters. The van der Waals surface area contributed by atoms with Gasteiger partial charge in [0.25, 0.3) is 0 Å². The highest BCUT2D eigenvalue weighted by molar-refractivity contribution is 7.10. The lowest BCUT2D eigenvalue weighted by Gasteiger charge is -2.16. The Morgan fingerprint density at radius 2 is 2.14 bits per heavy atom. The van der Waals surface area contributed by atoms with Crippen molar-refractivity contribution >= 4 is 11.3 Å². The summed E-state index contributed by atoms with van der Waals surface area (Å²) in [5.41, 5.74) is 4.27. The molecule has 2 nitrogen and oxygen atoms in total. The summed E-state index contributed by atoms with van der Waals surface area (Å²) in [4.78, 5) is 1.37. The van der Waals surface area contributed by atoms with E-state index in [1.165, 1.54) is 16.9 Å². The summed E-state index contributed by atoms with van der Waals surface area (Å²) in [6, 6.07) is 2.49. The molecule has 0 aliphatic rings. The minimum Gasteiger partial charge on any atom is -0.271 e. The van der Waals surface area contributed by atoms with Gasteiger partial charge in [-0.05, 0) is 42.7 Å². The van der Waals surface area contributed by atoms with Gasteiger partial charge in [0.05, 0.1) is 0 Å². The van der Waals surface area contributed by atoms with E-state index in [-0.39, 0.29) is 0 Å². The molecule has 3 N–H and O–H groups in total. The van der Waals surface area contributed by atoms with Crippen molar-refractivity contribution in [2.24, 2.45) is 11.8 Å². The van der Waals surface area contributed by atoms with Crippen molar-refractivity contribution in [1.29, 1.82) is 0 Å². The Hall–Kier alpha value is -0.380. The summed E-state index contributed by atoms with van der Waals surface area (Å²) in [6.45, 7) is 6.64. The molecule has 0 saturated heterocycles. The molecule has 0 aliphatic heterocycles. The van der Waals surface area contributed by atoms with E-state index in [1.54, 1.807) is 11.3 Å². The van der Waals surface area contributed by atoms with E-state index in [1.807, 2.05) is 0 Å². The predicted molar refractivity (Wildman–Crippen MR) is 63.2 cm³/mol. The topological polar surface area (TPSA) is 38.0 Å². The zero-order valence-corrected chi connectivity index (χ0v) is 10.0. The number of nitrogens with two attached hydrogens (primary N) is 1. The fourth-order valence-electron chi connectivity index (χ4n) is 1.58. The third-order valence-electron chi connectivity index (χ3n) is 2.51. The summed E-state index contributed by atoms with van der Waals surface area (Å²) in [6.07, 6.45) is 2.33. The average Bonchev–Trinajstić information content (AvgIpc) is 2.53. The lowest BCUT2D eigenvalue weighted by Crippen LogP contribution is -2.28. The molecule has 0 aliphatic carbocycles. The van der Waals surface area contributed by atoms with Gasteiger partial charge in [-0.25, -0.2) is 0 Å². The molecule has 0 amide bonds. The van der Waals surface area contributed by atoms with E-state index < -0.39 is 0 Å². The van der Waals surface area contributed by atoms with Crippen molar-refractivity contribution in [2.75, 3.05) is 0 Å². The number of nitrogens with one attached hydrogen (secondary N) is 1. The summed E-state index contributed by atoms with van der Waals surface area (Å²) < 4.78 is 0. The fraction of sp³-hybridized carbons (Fsp3) is 0.636. The molecule has 1 heterocycles. The van der Waals surface area contributed by atoms with Gasteiger partial charge in [0.1, 0.15) is 0 Å². The van der Waals surface area contributed by atoms with E-state index in [2.05, 4.69) is 37.6 Å². The third-order valence-corrected chi connectivity index (χ3v) is 3.37. The first kappa shape index (κ1) is 11.7. The number of rotatable bonds is 5. The Morgan fingerprint density at radius 1 is 1.43 bits per heavy atom. The van der Waals surface area contributed by atoms with Crippen molar-refractivity contribution in [2.45, 2.75) is 39.7 Å². The van der Waals surface area contributed by atoms with E-state index in [0.717, 1.165) is 12.3 Å². The highest BCUT2D eigenvalue weighted by Crippen LogP contribution is 2.26. The molecule has 0 bridgehead atoms. The number of hydrogen-bond donors (Lipinski definition) is 2. The van der Waals surface area contributed by atoms with Crippen LogP contribution in [-0.4, -0.2) is 0 Å². The first-order chi connectivity index (χ1) is 6.65. The molecule has 0 aromatic carbocycles. The van der Waals surface area contributed by atoms with Crippen LogP contribution in [0.5, 0.6) is 0 Å². The van der Waals surface area contributed by atoms with Crippen molar-refractivity contribution in [3.05, 3.63) is 21.9 Å². The van der Waals surface area contributed by atoms with Crippen molar-refractivity contribution in [3.63, 3.8) is 0 Å². The van der Waals surface area contributed by atoms with Crippen LogP contribution in [0, 0.1) is 12.8 Å². The van der Waals surface area contributed by atoms with E-state index in [0.29, 0.717) is 6.04 Å². The van der Waals surface area contributed by atoms with E-state index in [9.17, 15) is 0 Å².